The van der Waals surface area contributed by atoms with Gasteiger partial charge < -0.3 is 5.73 Å². The first kappa shape index (κ1) is 15.9. The molecule has 3 N–H and O–H groups in total. The van der Waals surface area contributed by atoms with Crippen molar-refractivity contribution in [2.24, 2.45) is 11.1 Å². The van der Waals surface area contributed by atoms with Crippen LogP contribution in [0.3, 0.4) is 0 Å². The van der Waals surface area contributed by atoms with Gasteiger partial charge in [0.15, 0.2) is 0 Å². The van der Waals surface area contributed by atoms with Gasteiger partial charge in [-0.3, -0.25) is 0 Å². The molecule has 0 spiro atoms. The van der Waals surface area contributed by atoms with Gasteiger partial charge in [-0.05, 0) is 39.2 Å². The largest absolute Gasteiger partial charge is 0.330 e. The lowest BCUT2D eigenvalue weighted by Gasteiger charge is -2.33. The van der Waals surface area contributed by atoms with E-state index in [0.717, 1.165) is 0 Å². The van der Waals surface area contributed by atoms with Crippen molar-refractivity contribution in [2.45, 2.75) is 58.8 Å². The Bertz CT molecular complexity index is 310. The average Bonchev–Trinajstić information content (AvgIpc) is 1.99. The van der Waals surface area contributed by atoms with Gasteiger partial charge in [0.25, 0.3) is 0 Å². The minimum Gasteiger partial charge on any atom is -0.330 e. The molecule has 1 unspecified atom stereocenters. The summed E-state index contributed by atoms with van der Waals surface area (Å²) in [6.45, 7) is 11.6. The minimum atomic E-state index is -3.31. The number of sulfonamides is 1. The topological polar surface area (TPSA) is 72.2 Å². The van der Waals surface area contributed by atoms with E-state index in [1.54, 1.807) is 20.8 Å². The zero-order valence-electron chi connectivity index (χ0n) is 11.3. The van der Waals surface area contributed by atoms with Crippen LogP contribution in [0.25, 0.3) is 0 Å². The van der Waals surface area contributed by atoms with Crippen molar-refractivity contribution in [1.82, 2.24) is 4.72 Å². The Morgan fingerprint density at radius 2 is 1.56 bits per heavy atom. The molecule has 98 valence electrons. The van der Waals surface area contributed by atoms with Gasteiger partial charge in [0.1, 0.15) is 0 Å². The third-order valence-corrected chi connectivity index (χ3v) is 4.81. The number of nitrogens with one attached hydrogen (secondary N) is 1. The summed E-state index contributed by atoms with van der Waals surface area (Å²) in [6, 6.07) is -0.123. The molecular formula is C11H26N2O2S. The molecule has 4 nitrogen and oxygen atoms in total. The lowest BCUT2D eigenvalue weighted by molar-refractivity contribution is 0.285. The highest BCUT2D eigenvalue weighted by atomic mass is 32.2. The lowest BCUT2D eigenvalue weighted by Crippen LogP contribution is -2.50. The number of hydrogen-bond donors (Lipinski definition) is 2. The third kappa shape index (κ3) is 4.39. The molecule has 5 heteroatoms. The fraction of sp³-hybridized carbons (Fsp3) is 1.00. The van der Waals surface area contributed by atoms with Crippen molar-refractivity contribution in [3.63, 3.8) is 0 Å². The SMILES string of the molecule is CC(C)(C)C(CCN)NS(=O)(=O)C(C)(C)C. The smallest absolute Gasteiger partial charge is 0.216 e. The molecule has 0 rings (SSSR count). The highest BCUT2D eigenvalue weighted by Crippen LogP contribution is 2.24. The highest BCUT2D eigenvalue weighted by Gasteiger charge is 2.34. The summed E-state index contributed by atoms with van der Waals surface area (Å²) in [5.74, 6) is 0. The normalized spacial score (nSPS) is 16.2. The van der Waals surface area contributed by atoms with Crippen molar-refractivity contribution < 1.29 is 8.42 Å². The fourth-order valence-corrected chi connectivity index (χ4v) is 2.40. The van der Waals surface area contributed by atoms with E-state index in [9.17, 15) is 8.42 Å². The predicted octanol–water partition coefficient (Wildman–Crippen LogP) is 1.47. The molecule has 0 radical (unpaired) electrons. The first-order valence-electron chi connectivity index (χ1n) is 5.64. The second kappa shape index (κ2) is 5.02. The van der Waals surface area contributed by atoms with Crippen LogP contribution in [0.4, 0.5) is 0 Å². The molecule has 1 atom stereocenters. The van der Waals surface area contributed by atoms with Crippen molar-refractivity contribution in [3.05, 3.63) is 0 Å². The average molecular weight is 250 g/mol. The maximum Gasteiger partial charge on any atom is 0.216 e. The Kier molecular flexibility index (Phi) is 4.98. The highest BCUT2D eigenvalue weighted by molar-refractivity contribution is 7.90. The molecule has 0 fully saturated rings. The van der Waals surface area contributed by atoms with Crippen LogP contribution in [0.15, 0.2) is 0 Å². The molecule has 0 aromatic rings. The van der Waals surface area contributed by atoms with Gasteiger partial charge in [0, 0.05) is 6.04 Å². The maximum atomic E-state index is 12.0. The fourth-order valence-electron chi connectivity index (χ4n) is 1.20. The second-order valence-electron chi connectivity index (χ2n) is 6.23. The molecule has 0 aliphatic rings. The molecule has 0 saturated heterocycles. The van der Waals surface area contributed by atoms with Crippen LogP contribution in [0.5, 0.6) is 0 Å². The van der Waals surface area contributed by atoms with E-state index in [1.165, 1.54) is 0 Å². The summed E-state index contributed by atoms with van der Waals surface area (Å²) in [4.78, 5) is 0. The zero-order chi connectivity index (χ0) is 13.2. The van der Waals surface area contributed by atoms with Gasteiger partial charge >= 0.3 is 0 Å². The van der Waals surface area contributed by atoms with E-state index in [4.69, 9.17) is 5.73 Å². The van der Waals surface area contributed by atoms with Crippen molar-refractivity contribution in [2.75, 3.05) is 6.54 Å². The van der Waals surface area contributed by atoms with Crippen LogP contribution in [-0.2, 0) is 10.0 Å². The van der Waals surface area contributed by atoms with E-state index in [0.29, 0.717) is 13.0 Å². The Hall–Kier alpha value is -0.130. The van der Waals surface area contributed by atoms with Crippen LogP contribution >= 0.6 is 0 Å². The Labute approximate surface area is 100 Å². The Morgan fingerprint density at radius 1 is 1.12 bits per heavy atom. The molecule has 16 heavy (non-hydrogen) atoms. The Balaban J connectivity index is 4.92. The van der Waals surface area contributed by atoms with Gasteiger partial charge in [-0.2, -0.15) is 0 Å². The van der Waals surface area contributed by atoms with Gasteiger partial charge in [-0.1, -0.05) is 20.8 Å². The summed E-state index contributed by atoms with van der Waals surface area (Å²) in [6.07, 6.45) is 0.652. The monoisotopic (exact) mass is 250 g/mol. The van der Waals surface area contributed by atoms with E-state index in [1.807, 2.05) is 20.8 Å². The van der Waals surface area contributed by atoms with Gasteiger partial charge in [0.05, 0.1) is 4.75 Å². The van der Waals surface area contributed by atoms with Crippen molar-refractivity contribution >= 4 is 10.0 Å². The lowest BCUT2D eigenvalue weighted by atomic mass is 9.85. The summed E-state index contributed by atoms with van der Waals surface area (Å²) in [7, 11) is -3.31. The first-order valence-corrected chi connectivity index (χ1v) is 7.12. The van der Waals surface area contributed by atoms with E-state index < -0.39 is 14.8 Å². The maximum absolute atomic E-state index is 12.0. The number of rotatable bonds is 4. The molecule has 0 aliphatic carbocycles. The summed E-state index contributed by atoms with van der Waals surface area (Å²) in [5.41, 5.74) is 5.39. The predicted molar refractivity (Wildman–Crippen MR) is 68.7 cm³/mol. The van der Waals surface area contributed by atoms with Crippen molar-refractivity contribution in [1.29, 1.82) is 0 Å². The molecular weight excluding hydrogens is 224 g/mol. The third-order valence-electron chi connectivity index (χ3n) is 2.60. The minimum absolute atomic E-state index is 0.123. The summed E-state index contributed by atoms with van der Waals surface area (Å²) in [5, 5.41) is 0. The quantitative estimate of drug-likeness (QED) is 0.793. The van der Waals surface area contributed by atoms with Crippen LogP contribution in [0.2, 0.25) is 0 Å². The van der Waals surface area contributed by atoms with E-state index in [2.05, 4.69) is 4.72 Å². The molecule has 0 aromatic carbocycles. The van der Waals surface area contributed by atoms with Crippen LogP contribution in [-0.4, -0.2) is 25.8 Å². The molecule has 0 aromatic heterocycles. The van der Waals surface area contributed by atoms with Crippen LogP contribution in [0.1, 0.15) is 48.0 Å². The summed E-state index contributed by atoms with van der Waals surface area (Å²) >= 11 is 0. The second-order valence-corrected chi connectivity index (χ2v) is 8.70. The van der Waals surface area contributed by atoms with Gasteiger partial charge in [-0.25, -0.2) is 13.1 Å². The Morgan fingerprint density at radius 3 is 1.81 bits per heavy atom. The van der Waals surface area contributed by atoms with Crippen molar-refractivity contribution in [3.8, 4) is 0 Å². The number of nitrogens with two attached hydrogens (primary N) is 1. The van der Waals surface area contributed by atoms with E-state index >= 15 is 0 Å². The standard InChI is InChI=1S/C11H26N2O2S/c1-10(2,3)9(7-8-12)13-16(14,15)11(4,5)6/h9,13H,7-8,12H2,1-6H3. The van der Waals surface area contributed by atoms with Gasteiger partial charge in [-0.15, -0.1) is 0 Å². The van der Waals surface area contributed by atoms with E-state index in [-0.39, 0.29) is 11.5 Å². The zero-order valence-corrected chi connectivity index (χ0v) is 12.1. The van der Waals surface area contributed by atoms with Crippen LogP contribution < -0.4 is 10.5 Å². The van der Waals surface area contributed by atoms with Crippen LogP contribution in [0, 0.1) is 5.41 Å². The molecule has 0 bridgehead atoms. The first-order chi connectivity index (χ1) is 6.92. The van der Waals surface area contributed by atoms with Gasteiger partial charge in [0.2, 0.25) is 10.0 Å². The summed E-state index contributed by atoms with van der Waals surface area (Å²) < 4.78 is 26.0. The number of hydrogen-bond acceptors (Lipinski definition) is 3. The molecule has 0 aliphatic heterocycles. The molecule has 0 amide bonds. The molecule has 0 heterocycles. The molecule has 0 saturated carbocycles.